The first-order chi connectivity index (χ1) is 8.78. The molecule has 18 heavy (non-hydrogen) atoms. The third-order valence-electron chi connectivity index (χ3n) is 2.72. The lowest BCUT2D eigenvalue weighted by Crippen LogP contribution is -2.04. The molecule has 3 rings (SSSR count). The van der Waals surface area contributed by atoms with E-state index in [-0.39, 0.29) is 0 Å². The standard InChI is InChI=1S/C12H11ClN4O/c1-8-14-12(18-16-8)7-17-10-5-3-2-4-9(10)15-11(17)6-13/h2-5H,6-7H2,1H3. The monoisotopic (exact) mass is 262 g/mol. The molecule has 0 unspecified atom stereocenters. The molecular weight excluding hydrogens is 252 g/mol. The van der Waals surface area contributed by atoms with Crippen LogP contribution in [0, 0.1) is 6.92 Å². The molecule has 0 amide bonds. The number of imidazole rings is 1. The molecular formula is C12H11ClN4O. The van der Waals surface area contributed by atoms with E-state index >= 15 is 0 Å². The minimum absolute atomic E-state index is 0.349. The van der Waals surface area contributed by atoms with Gasteiger partial charge in [-0.3, -0.25) is 0 Å². The van der Waals surface area contributed by atoms with E-state index in [1.165, 1.54) is 0 Å². The van der Waals surface area contributed by atoms with Gasteiger partial charge in [-0.1, -0.05) is 17.3 Å². The number of para-hydroxylation sites is 2. The summed E-state index contributed by atoms with van der Waals surface area (Å²) in [6, 6.07) is 7.88. The molecule has 2 aromatic heterocycles. The van der Waals surface area contributed by atoms with Crippen molar-refractivity contribution in [1.29, 1.82) is 0 Å². The molecule has 3 aromatic rings. The molecule has 92 valence electrons. The number of hydrogen-bond acceptors (Lipinski definition) is 4. The van der Waals surface area contributed by atoms with Crippen molar-refractivity contribution >= 4 is 22.6 Å². The van der Waals surface area contributed by atoms with Crippen LogP contribution >= 0.6 is 11.6 Å². The summed E-state index contributed by atoms with van der Waals surface area (Å²) in [6.07, 6.45) is 0. The topological polar surface area (TPSA) is 56.7 Å². The summed E-state index contributed by atoms with van der Waals surface area (Å²) in [6.45, 7) is 2.28. The SMILES string of the molecule is Cc1noc(Cn2c(CCl)nc3ccccc32)n1. The highest BCUT2D eigenvalue weighted by Gasteiger charge is 2.12. The number of fused-ring (bicyclic) bond motifs is 1. The number of rotatable bonds is 3. The summed E-state index contributed by atoms with van der Waals surface area (Å²) in [5.74, 6) is 2.33. The summed E-state index contributed by atoms with van der Waals surface area (Å²) in [7, 11) is 0. The minimum Gasteiger partial charge on any atom is -0.337 e. The van der Waals surface area contributed by atoms with E-state index in [4.69, 9.17) is 16.1 Å². The van der Waals surface area contributed by atoms with Crippen LogP contribution in [0.15, 0.2) is 28.8 Å². The second kappa shape index (κ2) is 4.42. The summed E-state index contributed by atoms with van der Waals surface area (Å²) < 4.78 is 7.13. The van der Waals surface area contributed by atoms with Gasteiger partial charge in [0.25, 0.3) is 0 Å². The highest BCUT2D eigenvalue weighted by molar-refractivity contribution is 6.16. The Morgan fingerprint density at radius 1 is 1.28 bits per heavy atom. The second-order valence-corrected chi connectivity index (χ2v) is 4.24. The van der Waals surface area contributed by atoms with E-state index in [0.717, 1.165) is 16.9 Å². The predicted molar refractivity (Wildman–Crippen MR) is 67.4 cm³/mol. The van der Waals surface area contributed by atoms with Crippen molar-refractivity contribution in [2.24, 2.45) is 0 Å². The molecule has 1 aromatic carbocycles. The maximum Gasteiger partial charge on any atom is 0.246 e. The predicted octanol–water partition coefficient (Wildman–Crippen LogP) is 2.51. The van der Waals surface area contributed by atoms with Crippen molar-refractivity contribution in [3.05, 3.63) is 41.8 Å². The molecule has 0 N–H and O–H groups in total. The molecule has 0 saturated heterocycles. The molecule has 0 aliphatic heterocycles. The van der Waals surface area contributed by atoms with Crippen LogP contribution in [0.5, 0.6) is 0 Å². The van der Waals surface area contributed by atoms with Crippen LogP contribution in [0.2, 0.25) is 0 Å². The minimum atomic E-state index is 0.349. The number of hydrogen-bond donors (Lipinski definition) is 0. The van der Waals surface area contributed by atoms with Crippen molar-refractivity contribution in [1.82, 2.24) is 19.7 Å². The van der Waals surface area contributed by atoms with Crippen LogP contribution in [0.4, 0.5) is 0 Å². The second-order valence-electron chi connectivity index (χ2n) is 3.97. The molecule has 0 spiro atoms. The quantitative estimate of drug-likeness (QED) is 0.681. The number of benzene rings is 1. The van der Waals surface area contributed by atoms with Crippen LogP contribution < -0.4 is 0 Å². The average Bonchev–Trinajstić information content (AvgIpc) is 2.94. The van der Waals surface area contributed by atoms with E-state index in [9.17, 15) is 0 Å². The van der Waals surface area contributed by atoms with E-state index < -0.39 is 0 Å². The zero-order valence-corrected chi connectivity index (χ0v) is 10.6. The Labute approximate surface area is 108 Å². The van der Waals surface area contributed by atoms with Crippen molar-refractivity contribution in [3.8, 4) is 0 Å². The average molecular weight is 263 g/mol. The summed E-state index contributed by atoms with van der Waals surface area (Å²) in [5.41, 5.74) is 1.94. The molecule has 0 saturated carbocycles. The smallest absolute Gasteiger partial charge is 0.246 e. The third kappa shape index (κ3) is 1.86. The normalized spacial score (nSPS) is 11.2. The Hall–Kier alpha value is -1.88. The van der Waals surface area contributed by atoms with Crippen molar-refractivity contribution in [3.63, 3.8) is 0 Å². The maximum atomic E-state index is 5.93. The first kappa shape index (κ1) is 11.2. The molecule has 0 atom stereocenters. The Morgan fingerprint density at radius 3 is 2.83 bits per heavy atom. The van der Waals surface area contributed by atoms with Gasteiger partial charge in [0, 0.05) is 0 Å². The highest BCUT2D eigenvalue weighted by Crippen LogP contribution is 2.18. The fourth-order valence-electron chi connectivity index (χ4n) is 1.94. The van der Waals surface area contributed by atoms with Gasteiger partial charge < -0.3 is 9.09 Å². The Balaban J connectivity index is 2.09. The zero-order valence-electron chi connectivity index (χ0n) is 9.80. The lowest BCUT2D eigenvalue weighted by atomic mass is 10.3. The van der Waals surface area contributed by atoms with Crippen LogP contribution in [-0.4, -0.2) is 19.7 Å². The summed E-state index contributed by atoms with van der Waals surface area (Å²) >= 11 is 5.93. The third-order valence-corrected chi connectivity index (χ3v) is 2.96. The van der Waals surface area contributed by atoms with Gasteiger partial charge in [0.2, 0.25) is 5.89 Å². The van der Waals surface area contributed by atoms with Crippen molar-refractivity contribution < 1.29 is 4.52 Å². The molecule has 0 radical (unpaired) electrons. The first-order valence-electron chi connectivity index (χ1n) is 5.57. The first-order valence-corrected chi connectivity index (χ1v) is 6.10. The number of aromatic nitrogens is 4. The Morgan fingerprint density at radius 2 is 2.11 bits per heavy atom. The van der Waals surface area contributed by atoms with Gasteiger partial charge in [-0.25, -0.2) is 4.98 Å². The number of aryl methyl sites for hydroxylation is 1. The molecule has 0 aliphatic rings. The van der Waals surface area contributed by atoms with Gasteiger partial charge in [-0.2, -0.15) is 4.98 Å². The van der Waals surface area contributed by atoms with Gasteiger partial charge in [0.15, 0.2) is 5.82 Å². The van der Waals surface area contributed by atoms with Crippen LogP contribution in [-0.2, 0) is 12.4 Å². The summed E-state index contributed by atoms with van der Waals surface area (Å²) in [5, 5.41) is 3.78. The van der Waals surface area contributed by atoms with Crippen LogP contribution in [0.25, 0.3) is 11.0 Å². The zero-order chi connectivity index (χ0) is 12.5. The highest BCUT2D eigenvalue weighted by atomic mass is 35.5. The van der Waals surface area contributed by atoms with Crippen LogP contribution in [0.3, 0.4) is 0 Å². The number of nitrogens with zero attached hydrogens (tertiary/aromatic N) is 4. The summed E-state index contributed by atoms with van der Waals surface area (Å²) in [4.78, 5) is 8.67. The lowest BCUT2D eigenvalue weighted by Gasteiger charge is -2.03. The maximum absolute atomic E-state index is 5.93. The van der Waals surface area contributed by atoms with E-state index in [2.05, 4.69) is 15.1 Å². The molecule has 0 bridgehead atoms. The molecule has 2 heterocycles. The largest absolute Gasteiger partial charge is 0.337 e. The molecule has 6 heteroatoms. The molecule has 5 nitrogen and oxygen atoms in total. The van der Waals surface area contributed by atoms with E-state index in [1.54, 1.807) is 6.92 Å². The molecule has 0 fully saturated rings. The van der Waals surface area contributed by atoms with Gasteiger partial charge in [0.1, 0.15) is 12.4 Å². The number of halogens is 1. The fourth-order valence-corrected chi connectivity index (χ4v) is 2.15. The molecule has 0 aliphatic carbocycles. The Kier molecular flexibility index (Phi) is 2.76. The van der Waals surface area contributed by atoms with Gasteiger partial charge in [0.05, 0.1) is 16.9 Å². The van der Waals surface area contributed by atoms with Crippen molar-refractivity contribution in [2.45, 2.75) is 19.3 Å². The van der Waals surface area contributed by atoms with Crippen LogP contribution in [0.1, 0.15) is 17.5 Å². The van der Waals surface area contributed by atoms with Gasteiger partial charge >= 0.3 is 0 Å². The van der Waals surface area contributed by atoms with E-state index in [0.29, 0.717) is 24.1 Å². The van der Waals surface area contributed by atoms with Crippen molar-refractivity contribution in [2.75, 3.05) is 0 Å². The van der Waals surface area contributed by atoms with Gasteiger partial charge in [-0.05, 0) is 19.1 Å². The fraction of sp³-hybridized carbons (Fsp3) is 0.250. The van der Waals surface area contributed by atoms with Gasteiger partial charge in [-0.15, -0.1) is 11.6 Å². The number of alkyl halides is 1. The lowest BCUT2D eigenvalue weighted by molar-refractivity contribution is 0.368. The van der Waals surface area contributed by atoms with E-state index in [1.807, 2.05) is 28.8 Å². The Bertz CT molecular complexity index is 688.